The number of rotatable bonds is 5. The van der Waals surface area contributed by atoms with Gasteiger partial charge in [-0.3, -0.25) is 0 Å². The molecule has 0 saturated carbocycles. The van der Waals surface area contributed by atoms with Crippen LogP contribution in [0.5, 0.6) is 0 Å². The molecule has 1 rings (SSSR count). The van der Waals surface area contributed by atoms with Crippen LogP contribution >= 0.6 is 0 Å². The van der Waals surface area contributed by atoms with Crippen molar-refractivity contribution in [3.63, 3.8) is 0 Å². The van der Waals surface area contributed by atoms with E-state index in [0.717, 1.165) is 10.9 Å². The molecule has 0 amide bonds. The SMILES string of the molecule is CNc1c[c]ccc1[Si](OC)(OC)OC. The number of hydrogen-bond acceptors (Lipinski definition) is 4. The van der Waals surface area contributed by atoms with Gasteiger partial charge in [0.05, 0.1) is 0 Å². The van der Waals surface area contributed by atoms with Crippen molar-refractivity contribution in [1.29, 1.82) is 0 Å². The molecule has 0 unspecified atom stereocenters. The molecule has 4 nitrogen and oxygen atoms in total. The van der Waals surface area contributed by atoms with E-state index < -0.39 is 8.80 Å². The molecule has 0 saturated heterocycles. The molecule has 83 valence electrons. The summed E-state index contributed by atoms with van der Waals surface area (Å²) in [7, 11) is 3.88. The first kappa shape index (κ1) is 12.2. The lowest BCUT2D eigenvalue weighted by Gasteiger charge is -2.26. The summed E-state index contributed by atoms with van der Waals surface area (Å²) in [5.74, 6) is 0. The van der Waals surface area contributed by atoms with Gasteiger partial charge in [-0.05, 0) is 12.1 Å². The average molecular weight is 226 g/mol. The molecule has 0 heterocycles. The van der Waals surface area contributed by atoms with Crippen molar-refractivity contribution in [3.8, 4) is 0 Å². The molecule has 0 bridgehead atoms. The standard InChI is InChI=1S/C10H16NO3Si/c1-11-9-7-5-6-8-10(9)15(12-2,13-3)14-4/h6-8,11H,1-4H3. The van der Waals surface area contributed by atoms with Crippen LogP contribution in [0.15, 0.2) is 18.2 Å². The Kier molecular flexibility index (Phi) is 4.28. The monoisotopic (exact) mass is 226 g/mol. The highest BCUT2D eigenvalue weighted by molar-refractivity contribution is 6.76. The van der Waals surface area contributed by atoms with Crippen molar-refractivity contribution in [2.45, 2.75) is 0 Å². The van der Waals surface area contributed by atoms with Crippen molar-refractivity contribution in [3.05, 3.63) is 24.3 Å². The van der Waals surface area contributed by atoms with Crippen LogP contribution in [0.3, 0.4) is 0 Å². The van der Waals surface area contributed by atoms with Gasteiger partial charge in [0.1, 0.15) is 0 Å². The topological polar surface area (TPSA) is 39.7 Å². The molecule has 0 aliphatic heterocycles. The fraction of sp³-hybridized carbons (Fsp3) is 0.400. The van der Waals surface area contributed by atoms with Crippen LogP contribution in [0.4, 0.5) is 5.69 Å². The van der Waals surface area contributed by atoms with Gasteiger partial charge in [-0.25, -0.2) is 0 Å². The molecule has 1 aromatic carbocycles. The van der Waals surface area contributed by atoms with Crippen LogP contribution in [-0.4, -0.2) is 37.2 Å². The quantitative estimate of drug-likeness (QED) is 0.747. The maximum atomic E-state index is 5.41. The zero-order chi connectivity index (χ0) is 11.3. The van der Waals surface area contributed by atoms with Crippen LogP contribution in [0.2, 0.25) is 0 Å². The number of benzene rings is 1. The number of nitrogens with one attached hydrogen (secondary N) is 1. The van der Waals surface area contributed by atoms with Crippen molar-refractivity contribution < 1.29 is 13.3 Å². The largest absolute Gasteiger partial charge is 0.538 e. The molecule has 0 aliphatic rings. The summed E-state index contributed by atoms with van der Waals surface area (Å²) in [6.07, 6.45) is 0. The van der Waals surface area contributed by atoms with Gasteiger partial charge in [0.25, 0.3) is 0 Å². The molecule has 15 heavy (non-hydrogen) atoms. The third-order valence-corrected chi connectivity index (χ3v) is 4.98. The second-order valence-corrected chi connectivity index (χ2v) is 5.77. The van der Waals surface area contributed by atoms with E-state index in [0.29, 0.717) is 0 Å². The maximum absolute atomic E-state index is 5.41. The predicted molar refractivity (Wildman–Crippen MR) is 61.2 cm³/mol. The molecule has 0 atom stereocenters. The van der Waals surface area contributed by atoms with Crippen LogP contribution < -0.4 is 10.5 Å². The smallest absolute Gasteiger partial charge is 0.388 e. The Morgan fingerprint density at radius 1 is 1.20 bits per heavy atom. The highest BCUT2D eigenvalue weighted by Gasteiger charge is 2.42. The summed E-state index contributed by atoms with van der Waals surface area (Å²) < 4.78 is 16.2. The van der Waals surface area contributed by atoms with Crippen molar-refractivity contribution in [2.75, 3.05) is 33.7 Å². The van der Waals surface area contributed by atoms with E-state index in [1.165, 1.54) is 0 Å². The fourth-order valence-corrected chi connectivity index (χ4v) is 3.46. The Morgan fingerprint density at radius 2 is 1.80 bits per heavy atom. The number of hydrogen-bond donors (Lipinski definition) is 1. The van der Waals surface area contributed by atoms with Crippen molar-refractivity contribution in [2.24, 2.45) is 0 Å². The Balaban J connectivity index is 3.21. The van der Waals surface area contributed by atoms with Crippen molar-refractivity contribution in [1.82, 2.24) is 0 Å². The first-order valence-corrected chi connectivity index (χ1v) is 6.30. The molecular formula is C10H16NO3Si. The van der Waals surface area contributed by atoms with Gasteiger partial charge in [0, 0.05) is 39.3 Å². The molecule has 1 N–H and O–H groups in total. The second-order valence-electron chi connectivity index (χ2n) is 2.89. The number of anilines is 1. The predicted octanol–water partition coefficient (Wildman–Crippen LogP) is 0.614. The Labute approximate surface area is 91.5 Å². The molecule has 0 fully saturated rings. The summed E-state index contributed by atoms with van der Waals surface area (Å²) in [4.78, 5) is 0. The Morgan fingerprint density at radius 3 is 2.27 bits per heavy atom. The molecule has 0 aromatic heterocycles. The van der Waals surface area contributed by atoms with E-state index in [9.17, 15) is 0 Å². The summed E-state index contributed by atoms with van der Waals surface area (Å²) >= 11 is 0. The average Bonchev–Trinajstić information content (AvgIpc) is 2.33. The molecular weight excluding hydrogens is 210 g/mol. The van der Waals surface area contributed by atoms with Gasteiger partial charge >= 0.3 is 8.80 Å². The van der Waals surface area contributed by atoms with Crippen LogP contribution in [0.25, 0.3) is 0 Å². The molecule has 0 aliphatic carbocycles. The van der Waals surface area contributed by atoms with Crippen molar-refractivity contribution >= 4 is 19.7 Å². The van der Waals surface area contributed by atoms with Crippen LogP contribution in [0.1, 0.15) is 0 Å². The summed E-state index contributed by atoms with van der Waals surface area (Å²) in [5.41, 5.74) is 0.912. The lowest BCUT2D eigenvalue weighted by atomic mass is 10.3. The zero-order valence-electron chi connectivity index (χ0n) is 9.46. The van der Waals surface area contributed by atoms with E-state index in [4.69, 9.17) is 13.3 Å². The second kappa shape index (κ2) is 5.27. The summed E-state index contributed by atoms with van der Waals surface area (Å²) in [5, 5.41) is 3.98. The van der Waals surface area contributed by atoms with Gasteiger partial charge in [0.2, 0.25) is 0 Å². The van der Waals surface area contributed by atoms with E-state index in [1.54, 1.807) is 21.3 Å². The van der Waals surface area contributed by atoms with E-state index in [1.807, 2.05) is 25.2 Å². The fourth-order valence-electron chi connectivity index (χ4n) is 1.48. The van der Waals surface area contributed by atoms with Gasteiger partial charge in [-0.2, -0.15) is 0 Å². The highest BCUT2D eigenvalue weighted by atomic mass is 28.4. The van der Waals surface area contributed by atoms with Gasteiger partial charge in [-0.15, -0.1) is 0 Å². The minimum absolute atomic E-state index is 0.912. The third-order valence-electron chi connectivity index (χ3n) is 2.27. The molecule has 5 heteroatoms. The lowest BCUT2D eigenvalue weighted by Crippen LogP contribution is -2.55. The zero-order valence-corrected chi connectivity index (χ0v) is 10.5. The van der Waals surface area contributed by atoms with E-state index in [2.05, 4.69) is 11.4 Å². The molecule has 0 spiro atoms. The first-order chi connectivity index (χ1) is 7.24. The van der Waals surface area contributed by atoms with Gasteiger partial charge < -0.3 is 18.6 Å². The summed E-state index contributed by atoms with van der Waals surface area (Å²) in [6, 6.07) is 8.54. The Hall–Kier alpha value is -0.883. The lowest BCUT2D eigenvalue weighted by molar-refractivity contribution is 0.140. The van der Waals surface area contributed by atoms with Gasteiger partial charge in [-0.1, -0.05) is 12.1 Å². The van der Waals surface area contributed by atoms with Gasteiger partial charge in [0.15, 0.2) is 0 Å². The normalized spacial score (nSPS) is 11.5. The first-order valence-electron chi connectivity index (χ1n) is 4.58. The van der Waals surface area contributed by atoms with Crippen LogP contribution in [-0.2, 0) is 13.3 Å². The Bertz CT molecular complexity index is 307. The molecule has 1 radical (unpaired) electrons. The third kappa shape index (κ3) is 2.20. The van der Waals surface area contributed by atoms with E-state index in [-0.39, 0.29) is 0 Å². The summed E-state index contributed by atoms with van der Waals surface area (Å²) in [6.45, 7) is 0. The van der Waals surface area contributed by atoms with E-state index >= 15 is 0 Å². The highest BCUT2D eigenvalue weighted by Crippen LogP contribution is 2.13. The minimum atomic E-state index is -2.74. The molecule has 1 aromatic rings. The van der Waals surface area contributed by atoms with Crippen LogP contribution in [0, 0.1) is 6.07 Å². The maximum Gasteiger partial charge on any atom is 0.538 e. The minimum Gasteiger partial charge on any atom is -0.388 e.